The molecule has 6 heteroatoms. The zero-order valence-electron chi connectivity index (χ0n) is 11.2. The van der Waals surface area contributed by atoms with Crippen LogP contribution in [0.4, 0.5) is 10.5 Å². The predicted molar refractivity (Wildman–Crippen MR) is 74.7 cm³/mol. The molecule has 19 heavy (non-hydrogen) atoms. The van der Waals surface area contributed by atoms with Gasteiger partial charge in [-0.15, -0.1) is 0 Å². The molecule has 1 atom stereocenters. The molecule has 6 nitrogen and oxygen atoms in total. The van der Waals surface area contributed by atoms with Gasteiger partial charge in [0.25, 0.3) is 0 Å². The number of hydrogen-bond acceptors (Lipinski definition) is 3. The summed E-state index contributed by atoms with van der Waals surface area (Å²) >= 11 is 0. The maximum absolute atomic E-state index is 11.3. The van der Waals surface area contributed by atoms with E-state index in [1.54, 1.807) is 12.1 Å². The van der Waals surface area contributed by atoms with E-state index in [4.69, 9.17) is 5.73 Å². The van der Waals surface area contributed by atoms with Gasteiger partial charge in [0.05, 0.1) is 6.54 Å². The van der Waals surface area contributed by atoms with Crippen LogP contribution in [0.1, 0.15) is 25.5 Å². The molecule has 0 aromatic heterocycles. The van der Waals surface area contributed by atoms with Gasteiger partial charge >= 0.3 is 6.03 Å². The van der Waals surface area contributed by atoms with Crippen LogP contribution in [-0.2, 0) is 4.79 Å². The highest BCUT2D eigenvalue weighted by atomic mass is 16.2. The maximum Gasteiger partial charge on any atom is 0.316 e. The van der Waals surface area contributed by atoms with Crippen molar-refractivity contribution in [3.05, 3.63) is 29.8 Å². The van der Waals surface area contributed by atoms with Crippen molar-refractivity contribution >= 4 is 17.6 Å². The first-order chi connectivity index (χ1) is 9.02. The van der Waals surface area contributed by atoms with E-state index in [0.29, 0.717) is 12.2 Å². The Morgan fingerprint density at radius 1 is 1.26 bits per heavy atom. The van der Waals surface area contributed by atoms with Crippen LogP contribution in [0.25, 0.3) is 0 Å². The van der Waals surface area contributed by atoms with Gasteiger partial charge in [-0.2, -0.15) is 0 Å². The Kier molecular flexibility index (Phi) is 5.81. The number of rotatable bonds is 6. The molecule has 1 unspecified atom stereocenters. The third-order valence-electron chi connectivity index (χ3n) is 2.62. The molecule has 0 saturated carbocycles. The SMILES string of the molecule is CCNC(=O)CNC(C)c1ccc(NC(N)=O)cc1. The minimum absolute atomic E-state index is 0.0265. The fourth-order valence-electron chi connectivity index (χ4n) is 1.62. The molecule has 0 aliphatic carbocycles. The second-order valence-corrected chi connectivity index (χ2v) is 4.17. The molecule has 0 heterocycles. The monoisotopic (exact) mass is 264 g/mol. The second-order valence-electron chi connectivity index (χ2n) is 4.17. The lowest BCUT2D eigenvalue weighted by Gasteiger charge is -2.14. The van der Waals surface area contributed by atoms with Crippen molar-refractivity contribution in [1.82, 2.24) is 10.6 Å². The van der Waals surface area contributed by atoms with Crippen LogP contribution in [0.15, 0.2) is 24.3 Å². The average Bonchev–Trinajstić information content (AvgIpc) is 2.36. The standard InChI is InChI=1S/C13H20N4O2/c1-3-15-12(18)8-16-9(2)10-4-6-11(7-5-10)17-13(14)19/h4-7,9,16H,3,8H2,1-2H3,(H,15,18)(H3,14,17,19). The molecule has 0 fully saturated rings. The van der Waals surface area contributed by atoms with Crippen LogP contribution in [-0.4, -0.2) is 25.0 Å². The van der Waals surface area contributed by atoms with Gasteiger partial charge in [-0.1, -0.05) is 12.1 Å². The first kappa shape index (κ1) is 15.0. The van der Waals surface area contributed by atoms with Crippen LogP contribution < -0.4 is 21.7 Å². The molecule has 0 saturated heterocycles. The Morgan fingerprint density at radius 3 is 2.42 bits per heavy atom. The first-order valence-electron chi connectivity index (χ1n) is 6.19. The van der Waals surface area contributed by atoms with Gasteiger partial charge in [0.15, 0.2) is 0 Å². The van der Waals surface area contributed by atoms with E-state index in [-0.39, 0.29) is 18.5 Å². The quantitative estimate of drug-likeness (QED) is 0.616. The van der Waals surface area contributed by atoms with Crippen molar-refractivity contribution in [2.45, 2.75) is 19.9 Å². The molecule has 0 aliphatic heterocycles. The summed E-state index contributed by atoms with van der Waals surface area (Å²) in [5, 5.41) is 8.33. The van der Waals surface area contributed by atoms with Crippen LogP contribution >= 0.6 is 0 Å². The Labute approximate surface area is 112 Å². The molecule has 1 aromatic carbocycles. The third-order valence-corrected chi connectivity index (χ3v) is 2.62. The summed E-state index contributed by atoms with van der Waals surface area (Å²) in [6, 6.07) is 6.75. The van der Waals surface area contributed by atoms with Crippen molar-refractivity contribution < 1.29 is 9.59 Å². The van der Waals surface area contributed by atoms with Gasteiger partial charge in [-0.05, 0) is 31.5 Å². The lowest BCUT2D eigenvalue weighted by molar-refractivity contribution is -0.120. The molecular weight excluding hydrogens is 244 g/mol. The molecule has 0 radical (unpaired) electrons. The van der Waals surface area contributed by atoms with E-state index < -0.39 is 6.03 Å². The summed E-state index contributed by atoms with van der Waals surface area (Å²) in [5.41, 5.74) is 6.70. The van der Waals surface area contributed by atoms with E-state index in [1.165, 1.54) is 0 Å². The van der Waals surface area contributed by atoms with Gasteiger partial charge in [-0.25, -0.2) is 4.79 Å². The Hall–Kier alpha value is -2.08. The predicted octanol–water partition coefficient (Wildman–Crippen LogP) is 0.964. The minimum atomic E-state index is -0.588. The largest absolute Gasteiger partial charge is 0.355 e. The van der Waals surface area contributed by atoms with Crippen LogP contribution in [0.3, 0.4) is 0 Å². The molecule has 0 aliphatic rings. The average molecular weight is 264 g/mol. The zero-order valence-corrected chi connectivity index (χ0v) is 11.2. The fourth-order valence-corrected chi connectivity index (χ4v) is 1.62. The first-order valence-corrected chi connectivity index (χ1v) is 6.19. The minimum Gasteiger partial charge on any atom is -0.355 e. The van der Waals surface area contributed by atoms with E-state index in [2.05, 4.69) is 16.0 Å². The van der Waals surface area contributed by atoms with Gasteiger partial charge in [0.1, 0.15) is 0 Å². The Bertz CT molecular complexity index is 431. The number of carbonyl (C=O) groups excluding carboxylic acids is 2. The highest BCUT2D eigenvalue weighted by Gasteiger charge is 2.07. The summed E-state index contributed by atoms with van der Waals surface area (Å²) in [6.07, 6.45) is 0. The Morgan fingerprint density at radius 2 is 1.89 bits per heavy atom. The number of urea groups is 1. The fraction of sp³-hybridized carbons (Fsp3) is 0.385. The molecule has 0 spiro atoms. The van der Waals surface area contributed by atoms with E-state index in [9.17, 15) is 9.59 Å². The highest BCUT2D eigenvalue weighted by Crippen LogP contribution is 2.15. The second kappa shape index (κ2) is 7.38. The summed E-state index contributed by atoms with van der Waals surface area (Å²) in [6.45, 7) is 4.75. The summed E-state index contributed by atoms with van der Waals surface area (Å²) in [7, 11) is 0. The number of nitrogens with one attached hydrogen (secondary N) is 3. The van der Waals surface area contributed by atoms with Gasteiger partial charge in [0.2, 0.25) is 5.91 Å². The number of anilines is 1. The zero-order chi connectivity index (χ0) is 14.3. The van der Waals surface area contributed by atoms with Gasteiger partial charge < -0.3 is 21.7 Å². The lowest BCUT2D eigenvalue weighted by atomic mass is 10.1. The van der Waals surface area contributed by atoms with E-state index in [1.807, 2.05) is 26.0 Å². The van der Waals surface area contributed by atoms with Crippen molar-refractivity contribution in [1.29, 1.82) is 0 Å². The number of nitrogens with two attached hydrogens (primary N) is 1. The number of benzene rings is 1. The van der Waals surface area contributed by atoms with Gasteiger partial charge in [-0.3, -0.25) is 4.79 Å². The number of primary amides is 1. The topological polar surface area (TPSA) is 96.2 Å². The lowest BCUT2D eigenvalue weighted by Crippen LogP contribution is -2.34. The number of amides is 3. The van der Waals surface area contributed by atoms with Crippen LogP contribution in [0.5, 0.6) is 0 Å². The molecule has 104 valence electrons. The highest BCUT2D eigenvalue weighted by molar-refractivity contribution is 5.87. The molecule has 3 amide bonds. The van der Waals surface area contributed by atoms with Crippen molar-refractivity contribution in [2.75, 3.05) is 18.4 Å². The summed E-state index contributed by atoms with van der Waals surface area (Å²) < 4.78 is 0. The summed E-state index contributed by atoms with van der Waals surface area (Å²) in [5.74, 6) is -0.0265. The van der Waals surface area contributed by atoms with E-state index >= 15 is 0 Å². The maximum atomic E-state index is 11.3. The van der Waals surface area contributed by atoms with Crippen LogP contribution in [0.2, 0.25) is 0 Å². The molecule has 0 bridgehead atoms. The van der Waals surface area contributed by atoms with Gasteiger partial charge in [0, 0.05) is 18.3 Å². The number of likely N-dealkylation sites (N-methyl/N-ethyl adjacent to an activating group) is 1. The third kappa shape index (κ3) is 5.39. The van der Waals surface area contributed by atoms with Crippen molar-refractivity contribution in [2.24, 2.45) is 5.73 Å². The van der Waals surface area contributed by atoms with Crippen molar-refractivity contribution in [3.63, 3.8) is 0 Å². The normalized spacial score (nSPS) is 11.7. The Balaban J connectivity index is 2.50. The van der Waals surface area contributed by atoms with Crippen molar-refractivity contribution in [3.8, 4) is 0 Å². The number of carbonyl (C=O) groups is 2. The number of hydrogen-bond donors (Lipinski definition) is 4. The van der Waals surface area contributed by atoms with Crippen LogP contribution in [0, 0.1) is 0 Å². The molecule has 1 aromatic rings. The molecule has 1 rings (SSSR count). The molecule has 5 N–H and O–H groups in total. The van der Waals surface area contributed by atoms with E-state index in [0.717, 1.165) is 5.56 Å². The smallest absolute Gasteiger partial charge is 0.316 e. The molecular formula is C13H20N4O2. The summed E-state index contributed by atoms with van der Waals surface area (Å²) in [4.78, 5) is 22.0.